The van der Waals surface area contributed by atoms with Crippen LogP contribution in [-0.4, -0.2) is 135 Å². The van der Waals surface area contributed by atoms with Crippen LogP contribution in [0.4, 0.5) is 9.59 Å². The molecule has 1 fully saturated rings. The van der Waals surface area contributed by atoms with Crippen molar-refractivity contribution in [1.29, 1.82) is 0 Å². The van der Waals surface area contributed by atoms with E-state index in [0.29, 0.717) is 0 Å². The third-order valence-electron chi connectivity index (χ3n) is 5.68. The van der Waals surface area contributed by atoms with Gasteiger partial charge in [0.1, 0.15) is 29.0 Å². The number of hydrogen-bond acceptors (Lipinski definition) is 12. The molecule has 0 spiro atoms. The highest BCUT2D eigenvalue weighted by atomic mass is 16.7. The minimum absolute atomic E-state index is 0.110. The lowest BCUT2D eigenvalue weighted by atomic mass is 10.2. The molecule has 16 heteroatoms. The first kappa shape index (κ1) is 43.4. The number of carbonyl (C=O) groups is 4. The lowest BCUT2D eigenvalue weighted by molar-refractivity contribution is -0.178. The quantitative estimate of drug-likeness (QED) is 0.293. The average Bonchev–Trinajstić information content (AvgIpc) is 3.23. The predicted molar refractivity (Wildman–Crippen MR) is 160 cm³/mol. The molecule has 1 rings (SSSR count). The molecule has 260 valence electrons. The summed E-state index contributed by atoms with van der Waals surface area (Å²) in [7, 11) is 8.78. The summed E-state index contributed by atoms with van der Waals surface area (Å²) in [4.78, 5) is 58.3. The third kappa shape index (κ3) is 16.4. The minimum atomic E-state index is -1.09. The van der Waals surface area contributed by atoms with Crippen LogP contribution in [0.25, 0.3) is 0 Å². The zero-order valence-corrected chi connectivity index (χ0v) is 29.3. The molecule has 1 aliphatic rings. The van der Waals surface area contributed by atoms with E-state index in [-0.39, 0.29) is 12.5 Å². The maximum atomic E-state index is 12.3. The Kier molecular flexibility index (Phi) is 18.0. The summed E-state index contributed by atoms with van der Waals surface area (Å²) in [5.41, 5.74) is -2.21. The Morgan fingerprint density at radius 2 is 1.34 bits per heavy atom. The largest absolute Gasteiger partial charge is 0.444 e. The van der Waals surface area contributed by atoms with Gasteiger partial charge in [0.25, 0.3) is 11.8 Å². The van der Waals surface area contributed by atoms with Gasteiger partial charge in [-0.05, 0) is 69.2 Å². The second-order valence-electron chi connectivity index (χ2n) is 12.3. The first-order valence-electron chi connectivity index (χ1n) is 13.8. The molecule has 1 heterocycles. The lowest BCUT2D eigenvalue weighted by Crippen LogP contribution is -2.54. The average molecular weight is 641 g/mol. The number of likely N-dealkylation sites (N-methyl/N-ethyl adjacent to an activating group) is 2. The lowest BCUT2D eigenvalue weighted by Gasteiger charge is -2.35. The van der Waals surface area contributed by atoms with Gasteiger partial charge in [0, 0.05) is 28.3 Å². The van der Waals surface area contributed by atoms with E-state index >= 15 is 0 Å². The van der Waals surface area contributed by atoms with Crippen molar-refractivity contribution in [3.05, 3.63) is 0 Å². The second-order valence-corrected chi connectivity index (χ2v) is 12.3. The summed E-state index contributed by atoms with van der Waals surface area (Å²) >= 11 is 0. The fourth-order valence-corrected chi connectivity index (χ4v) is 2.97. The van der Waals surface area contributed by atoms with Crippen molar-refractivity contribution >= 4 is 24.0 Å². The number of ether oxygens (including phenoxy) is 5. The highest BCUT2D eigenvalue weighted by Crippen LogP contribution is 2.30. The number of alkyl carbamates (subject to hydrolysis) is 1. The Morgan fingerprint density at radius 1 is 0.886 bits per heavy atom. The van der Waals surface area contributed by atoms with E-state index in [4.69, 9.17) is 33.6 Å². The molecule has 44 heavy (non-hydrogen) atoms. The van der Waals surface area contributed by atoms with Gasteiger partial charge in [-0.25, -0.2) is 19.7 Å². The number of rotatable bonds is 8. The molecule has 1 aliphatic heterocycles. The van der Waals surface area contributed by atoms with Crippen LogP contribution in [0.1, 0.15) is 69.2 Å². The summed E-state index contributed by atoms with van der Waals surface area (Å²) < 4.78 is 25.6. The summed E-state index contributed by atoms with van der Waals surface area (Å²) in [6, 6.07) is -1.85. The third-order valence-corrected chi connectivity index (χ3v) is 5.68. The number of nitrogens with one attached hydrogen (secondary N) is 1. The second kappa shape index (κ2) is 18.3. The van der Waals surface area contributed by atoms with E-state index in [2.05, 4.69) is 10.2 Å². The van der Waals surface area contributed by atoms with Crippen LogP contribution in [0.5, 0.6) is 0 Å². The molecule has 2 N–H and O–H groups in total. The van der Waals surface area contributed by atoms with Crippen molar-refractivity contribution in [1.82, 2.24) is 20.3 Å². The van der Waals surface area contributed by atoms with Crippen LogP contribution in [0, 0.1) is 0 Å². The SMILES string of the molecule is COC(C)(C)OC.CON(C)C(=O)[C@@H](CO)NC(=O)OC(C)(C)C.CON(C)C(=O)[C@H]1COC(C)(C)N1C(=O)OC(C)(C)C. The van der Waals surface area contributed by atoms with Crippen LogP contribution >= 0.6 is 0 Å². The number of hydrogen-bond donors (Lipinski definition) is 2. The summed E-state index contributed by atoms with van der Waals surface area (Å²) in [5.74, 6) is -1.34. The van der Waals surface area contributed by atoms with E-state index in [1.165, 1.54) is 33.2 Å². The van der Waals surface area contributed by atoms with Crippen molar-refractivity contribution < 1.29 is 57.6 Å². The highest BCUT2D eigenvalue weighted by molar-refractivity contribution is 5.86. The Morgan fingerprint density at radius 3 is 1.68 bits per heavy atom. The zero-order valence-electron chi connectivity index (χ0n) is 29.3. The fourth-order valence-electron chi connectivity index (χ4n) is 2.97. The molecule has 1 saturated heterocycles. The zero-order chi connectivity index (χ0) is 35.3. The van der Waals surface area contributed by atoms with Crippen molar-refractivity contribution in [2.75, 3.05) is 55.7 Å². The molecule has 0 aromatic rings. The van der Waals surface area contributed by atoms with E-state index in [1.807, 2.05) is 13.8 Å². The number of amides is 4. The number of aliphatic hydroxyl groups excluding tert-OH is 1. The molecule has 0 saturated carbocycles. The van der Waals surface area contributed by atoms with E-state index < -0.39 is 59.5 Å². The van der Waals surface area contributed by atoms with Gasteiger partial charge in [0.15, 0.2) is 5.79 Å². The molecule has 0 aromatic carbocycles. The Labute approximate surface area is 262 Å². The van der Waals surface area contributed by atoms with E-state index in [9.17, 15) is 19.2 Å². The van der Waals surface area contributed by atoms with Crippen LogP contribution in [0.2, 0.25) is 0 Å². The summed E-state index contributed by atoms with van der Waals surface area (Å²) in [5, 5.41) is 13.3. The fraction of sp³-hybridized carbons (Fsp3) is 0.857. The molecule has 0 aliphatic carbocycles. The van der Waals surface area contributed by atoms with E-state index in [1.54, 1.807) is 69.6 Å². The van der Waals surface area contributed by atoms with Crippen molar-refractivity contribution in [3.8, 4) is 0 Å². The van der Waals surface area contributed by atoms with Gasteiger partial charge in [-0.3, -0.25) is 24.2 Å². The highest BCUT2D eigenvalue weighted by Gasteiger charge is 2.49. The molecule has 0 radical (unpaired) electrons. The first-order valence-corrected chi connectivity index (χ1v) is 13.8. The van der Waals surface area contributed by atoms with Crippen LogP contribution in [0.15, 0.2) is 0 Å². The maximum Gasteiger partial charge on any atom is 0.413 e. The van der Waals surface area contributed by atoms with Crippen molar-refractivity contribution in [2.24, 2.45) is 0 Å². The Bertz CT molecular complexity index is 909. The molecular formula is C28H56N4O12. The van der Waals surface area contributed by atoms with Crippen molar-refractivity contribution in [3.63, 3.8) is 0 Å². The summed E-state index contributed by atoms with van der Waals surface area (Å²) in [6.07, 6.45) is -1.35. The topological polar surface area (TPSA) is 175 Å². The molecule has 0 bridgehead atoms. The van der Waals surface area contributed by atoms with Gasteiger partial charge < -0.3 is 34.1 Å². The number of aliphatic hydroxyl groups is 1. The van der Waals surface area contributed by atoms with Gasteiger partial charge in [-0.1, -0.05) is 0 Å². The van der Waals surface area contributed by atoms with E-state index in [0.717, 1.165) is 10.1 Å². The molecule has 4 amide bonds. The van der Waals surface area contributed by atoms with Crippen LogP contribution in [0.3, 0.4) is 0 Å². The van der Waals surface area contributed by atoms with Gasteiger partial charge in [-0.2, -0.15) is 0 Å². The number of methoxy groups -OCH3 is 2. The van der Waals surface area contributed by atoms with Gasteiger partial charge in [0.05, 0.1) is 27.4 Å². The van der Waals surface area contributed by atoms with Crippen LogP contribution < -0.4 is 5.32 Å². The Balaban J connectivity index is 0. The standard InChI is InChI=1S/C13H24N2O5.C10H20N2O5.C5H12O2/c1-12(2,3)20-11(17)15-9(8-19-13(15,4)5)10(16)14(6)18-7;1-10(2,3)17-9(15)11-7(6-13)8(14)12(4)16-5;1-5(2,6-3)7-4/h9H,8H2,1-7H3;7,13H,6H2,1-5H3,(H,11,15);1-4H3/t9-;7-;/m11./s1. The molecule has 16 nitrogen and oxygen atoms in total. The number of hydroxylamine groups is 4. The predicted octanol–water partition coefficient (Wildman–Crippen LogP) is 2.29. The molecular weight excluding hydrogens is 584 g/mol. The van der Waals surface area contributed by atoms with Gasteiger partial charge in [-0.15, -0.1) is 0 Å². The normalized spacial score (nSPS) is 16.8. The number of carbonyl (C=O) groups excluding carboxylic acids is 4. The van der Waals surface area contributed by atoms with Gasteiger partial charge in [0.2, 0.25) is 0 Å². The number of nitrogens with zero attached hydrogens (tertiary/aromatic N) is 3. The minimum Gasteiger partial charge on any atom is -0.444 e. The summed E-state index contributed by atoms with van der Waals surface area (Å²) in [6.45, 7) is 17.1. The van der Waals surface area contributed by atoms with Crippen LogP contribution in [-0.2, 0) is 42.9 Å². The smallest absolute Gasteiger partial charge is 0.413 e. The monoisotopic (exact) mass is 640 g/mol. The maximum absolute atomic E-state index is 12.3. The molecule has 2 atom stereocenters. The first-order chi connectivity index (χ1) is 19.8. The van der Waals surface area contributed by atoms with Gasteiger partial charge >= 0.3 is 12.2 Å². The van der Waals surface area contributed by atoms with Crippen molar-refractivity contribution in [2.45, 2.75) is 104 Å². The Hall–Kier alpha value is -2.76. The molecule has 0 aromatic heterocycles. The molecule has 0 unspecified atom stereocenters.